The van der Waals surface area contributed by atoms with Gasteiger partial charge in [-0.1, -0.05) is 0 Å². The summed E-state index contributed by atoms with van der Waals surface area (Å²) < 4.78 is 13.0. The van der Waals surface area contributed by atoms with Crippen LogP contribution in [0.3, 0.4) is 0 Å². The number of ether oxygens (including phenoxy) is 2. The average molecular weight is 607 g/mol. The van der Waals surface area contributed by atoms with Crippen molar-refractivity contribution in [3.63, 3.8) is 0 Å². The van der Waals surface area contributed by atoms with E-state index in [0.717, 1.165) is 4.57 Å². The first kappa shape index (κ1) is 32.8. The van der Waals surface area contributed by atoms with Gasteiger partial charge < -0.3 is 50.3 Å². The molecule has 2 aliphatic rings. The molecule has 0 radical (unpaired) electrons. The molecule has 2 aromatic rings. The van der Waals surface area contributed by atoms with Crippen LogP contribution in [0.5, 0.6) is 0 Å². The first-order chi connectivity index (χ1) is 19.5. The molecule has 0 saturated carbocycles. The third-order valence-electron chi connectivity index (χ3n) is 6.44. The van der Waals surface area contributed by atoms with E-state index in [1.54, 1.807) is 7.05 Å². The lowest BCUT2D eigenvalue weighted by atomic mass is 10.1. The Labute approximate surface area is 236 Å². The van der Waals surface area contributed by atoms with E-state index < -0.39 is 79.1 Å². The lowest BCUT2D eigenvalue weighted by Gasteiger charge is -2.19. The summed E-state index contributed by atoms with van der Waals surface area (Å²) in [5, 5.41) is 60.2. The van der Waals surface area contributed by atoms with Crippen LogP contribution in [0.25, 0.3) is 0 Å². The summed E-state index contributed by atoms with van der Waals surface area (Å²) in [7, 11) is 3.05. The number of hydroxylamine groups is 1. The fraction of sp³-hybridized carbons (Fsp3) is 0.636. The first-order valence-electron chi connectivity index (χ1n) is 12.3. The summed E-state index contributed by atoms with van der Waals surface area (Å²) in [6.45, 7) is -0.583. The minimum absolute atomic E-state index is 0.0380. The van der Waals surface area contributed by atoms with Gasteiger partial charge in [-0.25, -0.2) is 4.79 Å². The third-order valence-corrected chi connectivity index (χ3v) is 6.75. The van der Waals surface area contributed by atoms with Crippen LogP contribution >= 0.6 is 12.2 Å². The number of hydrogen-bond acceptors (Lipinski definition) is 15. The SMILES string of the molecule is CNCc1cn([C@@H]2O[C@H](CO)[C@@H](O)[C@H]2O)c(=O)[nH]c1=O.CONCc1cn([C@@H]2O[C@H](CO)[C@@H](O)[C@H]2O)c(=S)[nH]c1=O. The minimum Gasteiger partial charge on any atom is -0.394 e. The van der Waals surface area contributed by atoms with Gasteiger partial charge in [0.05, 0.1) is 26.9 Å². The second-order valence-corrected chi connectivity index (χ2v) is 9.54. The quantitative estimate of drug-likeness (QED) is 0.0946. The average Bonchev–Trinajstić information content (AvgIpc) is 3.39. The lowest BCUT2D eigenvalue weighted by Crippen LogP contribution is -2.39. The molecule has 0 unspecified atom stereocenters. The smallest absolute Gasteiger partial charge is 0.330 e. The van der Waals surface area contributed by atoms with E-state index in [0.29, 0.717) is 5.56 Å². The summed E-state index contributed by atoms with van der Waals surface area (Å²) in [6, 6.07) is 0. The van der Waals surface area contributed by atoms with Crippen molar-refractivity contribution in [2.24, 2.45) is 0 Å². The summed E-state index contributed by atoms with van der Waals surface area (Å²) in [6.07, 6.45) is -6.59. The number of rotatable bonds is 9. The third kappa shape index (κ3) is 7.23. The number of aromatic nitrogens is 4. The Balaban J connectivity index is 0.000000226. The zero-order chi connectivity index (χ0) is 30.4. The van der Waals surface area contributed by atoms with Gasteiger partial charge in [-0.05, 0) is 19.3 Å². The predicted molar refractivity (Wildman–Crippen MR) is 140 cm³/mol. The van der Waals surface area contributed by atoms with Crippen LogP contribution in [0.15, 0.2) is 26.8 Å². The van der Waals surface area contributed by atoms with Crippen molar-refractivity contribution >= 4 is 12.2 Å². The van der Waals surface area contributed by atoms with Crippen LogP contribution in [0.2, 0.25) is 0 Å². The molecule has 2 saturated heterocycles. The first-order valence-corrected chi connectivity index (χ1v) is 12.7. The van der Waals surface area contributed by atoms with Crippen molar-refractivity contribution < 1.29 is 45.0 Å². The van der Waals surface area contributed by atoms with Crippen molar-refractivity contribution in [1.29, 1.82) is 0 Å². The van der Waals surface area contributed by atoms with E-state index >= 15 is 0 Å². The van der Waals surface area contributed by atoms with E-state index in [-0.39, 0.29) is 23.4 Å². The Bertz CT molecular complexity index is 1390. The molecule has 230 valence electrons. The van der Waals surface area contributed by atoms with Crippen LogP contribution in [-0.2, 0) is 27.4 Å². The van der Waals surface area contributed by atoms with Crippen LogP contribution < -0.4 is 27.6 Å². The van der Waals surface area contributed by atoms with Gasteiger partial charge in [-0.2, -0.15) is 5.48 Å². The van der Waals surface area contributed by atoms with Gasteiger partial charge in [-0.15, -0.1) is 0 Å². The molecule has 2 aliphatic heterocycles. The maximum atomic E-state index is 11.8. The maximum absolute atomic E-state index is 11.8. The Morgan fingerprint density at radius 2 is 1.34 bits per heavy atom. The highest BCUT2D eigenvalue weighted by atomic mass is 32.1. The molecule has 0 spiro atoms. The molecule has 10 N–H and O–H groups in total. The number of aliphatic hydroxyl groups is 6. The molecule has 2 aromatic heterocycles. The number of aliphatic hydroxyl groups excluding tert-OH is 6. The van der Waals surface area contributed by atoms with Gasteiger partial charge in [-0.3, -0.25) is 28.7 Å². The maximum Gasteiger partial charge on any atom is 0.330 e. The Hall–Kier alpha value is -2.66. The molecule has 4 heterocycles. The highest BCUT2D eigenvalue weighted by Crippen LogP contribution is 2.29. The molecular formula is C22H34N6O12S. The molecular weight excluding hydrogens is 572 g/mol. The van der Waals surface area contributed by atoms with Gasteiger partial charge in [0.15, 0.2) is 17.2 Å². The predicted octanol–water partition coefficient (Wildman–Crippen LogP) is -4.96. The van der Waals surface area contributed by atoms with Crippen molar-refractivity contribution in [1.82, 2.24) is 29.9 Å². The molecule has 19 heteroatoms. The fourth-order valence-electron chi connectivity index (χ4n) is 4.24. The second-order valence-electron chi connectivity index (χ2n) is 9.16. The van der Waals surface area contributed by atoms with Crippen LogP contribution in [0.4, 0.5) is 0 Å². The molecule has 2 fully saturated rings. The Morgan fingerprint density at radius 1 is 0.854 bits per heavy atom. The molecule has 8 atom stereocenters. The summed E-state index contributed by atoms with van der Waals surface area (Å²) in [5.74, 6) is 0. The van der Waals surface area contributed by atoms with Gasteiger partial charge >= 0.3 is 5.69 Å². The number of aromatic amines is 2. The van der Waals surface area contributed by atoms with Gasteiger partial charge in [0, 0.05) is 30.1 Å². The molecule has 4 rings (SSSR count). The molecule has 0 amide bonds. The fourth-order valence-corrected chi connectivity index (χ4v) is 4.49. The lowest BCUT2D eigenvalue weighted by molar-refractivity contribution is -0.0551. The van der Waals surface area contributed by atoms with E-state index in [1.807, 2.05) is 0 Å². The molecule has 41 heavy (non-hydrogen) atoms. The van der Waals surface area contributed by atoms with E-state index in [2.05, 4.69) is 25.6 Å². The number of nitrogens with zero attached hydrogens (tertiary/aromatic N) is 2. The number of H-pyrrole nitrogens is 2. The van der Waals surface area contributed by atoms with E-state index in [4.69, 9.17) is 31.9 Å². The normalized spacial score (nSPS) is 29.4. The zero-order valence-corrected chi connectivity index (χ0v) is 22.9. The monoisotopic (exact) mass is 606 g/mol. The number of hydrogen-bond donors (Lipinski definition) is 10. The highest BCUT2D eigenvalue weighted by molar-refractivity contribution is 7.71. The standard InChI is InChI=1S/C11H17N3O6S.C11H17N3O6/c1-19-12-2-5-3-14(11(21)13-9(5)18)10-8(17)7(16)6(4-15)20-10;1-12-2-5-3-14(11(19)13-9(5)18)10-8(17)7(16)6(4-15)20-10/h3,6-8,10,12,15-17H,2,4H2,1H3,(H,13,18,21);3,6-8,10,12,15-17H,2,4H2,1H3,(H,13,18,19)/t2*6-,7-,8-,10-/m11/s1. The van der Waals surface area contributed by atoms with Crippen molar-refractivity contribution in [2.75, 3.05) is 27.4 Å². The second kappa shape index (κ2) is 14.5. The van der Waals surface area contributed by atoms with Crippen LogP contribution in [0.1, 0.15) is 23.6 Å². The minimum atomic E-state index is -1.38. The van der Waals surface area contributed by atoms with Crippen LogP contribution in [-0.4, -0.2) is 114 Å². The summed E-state index contributed by atoms with van der Waals surface area (Å²) in [5.41, 5.74) is 1.42. The zero-order valence-electron chi connectivity index (χ0n) is 22.0. The molecule has 0 aliphatic carbocycles. The van der Waals surface area contributed by atoms with Gasteiger partial charge in [0.1, 0.15) is 36.6 Å². The van der Waals surface area contributed by atoms with Crippen molar-refractivity contribution in [2.45, 2.75) is 62.2 Å². The Morgan fingerprint density at radius 3 is 1.83 bits per heavy atom. The van der Waals surface area contributed by atoms with Gasteiger partial charge in [0.25, 0.3) is 11.1 Å². The highest BCUT2D eigenvalue weighted by Gasteiger charge is 2.44. The van der Waals surface area contributed by atoms with Crippen molar-refractivity contribution in [3.8, 4) is 0 Å². The van der Waals surface area contributed by atoms with Gasteiger partial charge in [0.2, 0.25) is 0 Å². The number of nitrogens with one attached hydrogen (secondary N) is 4. The summed E-state index contributed by atoms with van der Waals surface area (Å²) >= 11 is 5.04. The Kier molecular flexibility index (Phi) is 11.6. The molecule has 0 bridgehead atoms. The topological polar surface area (TPSA) is 266 Å². The van der Waals surface area contributed by atoms with Crippen molar-refractivity contribution in [3.05, 3.63) is 59.5 Å². The largest absolute Gasteiger partial charge is 0.394 e. The molecule has 0 aromatic carbocycles. The molecule has 18 nitrogen and oxygen atoms in total. The summed E-state index contributed by atoms with van der Waals surface area (Å²) in [4.78, 5) is 44.3. The van der Waals surface area contributed by atoms with Crippen LogP contribution in [0, 0.1) is 4.77 Å². The van der Waals surface area contributed by atoms with E-state index in [9.17, 15) is 34.8 Å². The van der Waals surface area contributed by atoms with E-state index in [1.165, 1.54) is 24.1 Å².